The zero-order valence-corrected chi connectivity index (χ0v) is 14.7. The molecular formula is C18H10ClN3O6. The first-order valence-corrected chi connectivity index (χ1v) is 8.11. The van der Waals surface area contributed by atoms with Gasteiger partial charge in [0.05, 0.1) is 20.4 Å². The largest absolute Gasteiger partial charge is 0.402 e. The second-order valence-electron chi connectivity index (χ2n) is 5.49. The highest BCUT2D eigenvalue weighted by Crippen LogP contribution is 2.26. The number of halogens is 1. The minimum absolute atomic E-state index is 0.0163. The molecule has 0 aromatic heterocycles. The van der Waals surface area contributed by atoms with Crippen molar-refractivity contribution < 1.29 is 19.4 Å². The molecule has 1 aliphatic heterocycles. The number of benzene rings is 2. The van der Waals surface area contributed by atoms with Crippen molar-refractivity contribution in [3.63, 3.8) is 0 Å². The van der Waals surface area contributed by atoms with Crippen molar-refractivity contribution in [1.82, 2.24) is 0 Å². The summed E-state index contributed by atoms with van der Waals surface area (Å²) in [4.78, 5) is 36.3. The Bertz CT molecular complexity index is 1070. The van der Waals surface area contributed by atoms with E-state index >= 15 is 0 Å². The minimum atomic E-state index is -0.697. The first kappa shape index (κ1) is 18.9. The van der Waals surface area contributed by atoms with E-state index in [0.717, 1.165) is 6.07 Å². The second kappa shape index (κ2) is 7.80. The summed E-state index contributed by atoms with van der Waals surface area (Å²) in [6.07, 6.45) is 4.59. The second-order valence-corrected chi connectivity index (χ2v) is 5.89. The summed E-state index contributed by atoms with van der Waals surface area (Å²) in [6, 6.07) is 9.57. The molecule has 2 aromatic rings. The van der Waals surface area contributed by atoms with E-state index in [1.165, 1.54) is 30.3 Å². The molecule has 10 heteroatoms. The van der Waals surface area contributed by atoms with Gasteiger partial charge in [0.1, 0.15) is 0 Å². The molecule has 0 saturated carbocycles. The van der Waals surface area contributed by atoms with Crippen molar-refractivity contribution in [3.05, 3.63) is 96.7 Å². The summed E-state index contributed by atoms with van der Waals surface area (Å²) in [5.74, 6) is -0.752. The number of allylic oxidation sites excluding steroid dienone is 2. The van der Waals surface area contributed by atoms with Gasteiger partial charge in [0.15, 0.2) is 5.70 Å². The van der Waals surface area contributed by atoms with Gasteiger partial charge in [-0.3, -0.25) is 20.2 Å². The molecule has 0 fully saturated rings. The van der Waals surface area contributed by atoms with Crippen molar-refractivity contribution in [2.45, 2.75) is 0 Å². The van der Waals surface area contributed by atoms with Gasteiger partial charge in [-0.15, -0.1) is 0 Å². The molecule has 28 heavy (non-hydrogen) atoms. The van der Waals surface area contributed by atoms with E-state index in [-0.39, 0.29) is 33.6 Å². The number of nitro benzene ring substituents is 2. The number of cyclic esters (lactones) is 1. The van der Waals surface area contributed by atoms with Crippen LogP contribution >= 0.6 is 11.6 Å². The third-order valence-corrected chi connectivity index (χ3v) is 3.97. The van der Waals surface area contributed by atoms with Crippen LogP contribution in [0.2, 0.25) is 5.02 Å². The maximum absolute atomic E-state index is 11.9. The number of rotatable bonds is 5. The molecule has 0 spiro atoms. The van der Waals surface area contributed by atoms with Gasteiger partial charge in [-0.25, -0.2) is 9.79 Å². The third-order valence-electron chi connectivity index (χ3n) is 3.66. The normalized spacial score (nSPS) is 15.0. The fraction of sp³-hybridized carbons (Fsp3) is 0. The SMILES string of the molecule is O=C1OC(c2ccc([N+](=O)[O-])cc2Cl)=N/C1=C\C=C\c1ccc([N+](=O)[O-])cc1. The van der Waals surface area contributed by atoms with Crippen LogP contribution in [0, 0.1) is 20.2 Å². The smallest absolute Gasteiger partial charge is 0.363 e. The van der Waals surface area contributed by atoms with Gasteiger partial charge in [0, 0.05) is 24.3 Å². The molecule has 9 nitrogen and oxygen atoms in total. The first-order chi connectivity index (χ1) is 13.3. The Morgan fingerprint density at radius 2 is 1.64 bits per heavy atom. The van der Waals surface area contributed by atoms with Crippen LogP contribution < -0.4 is 0 Å². The molecule has 0 unspecified atom stereocenters. The fourth-order valence-electron chi connectivity index (χ4n) is 2.29. The first-order valence-electron chi connectivity index (χ1n) is 7.73. The Morgan fingerprint density at radius 3 is 2.25 bits per heavy atom. The van der Waals surface area contributed by atoms with Gasteiger partial charge < -0.3 is 4.74 Å². The number of hydrogen-bond donors (Lipinski definition) is 0. The van der Waals surface area contributed by atoms with Crippen LogP contribution in [0.3, 0.4) is 0 Å². The van der Waals surface area contributed by atoms with E-state index in [9.17, 15) is 25.0 Å². The lowest BCUT2D eigenvalue weighted by atomic mass is 10.2. The van der Waals surface area contributed by atoms with Crippen LogP contribution in [0.1, 0.15) is 11.1 Å². The van der Waals surface area contributed by atoms with E-state index in [1.54, 1.807) is 24.3 Å². The average molecular weight is 400 g/mol. The summed E-state index contributed by atoms with van der Waals surface area (Å²) >= 11 is 6.01. The monoisotopic (exact) mass is 399 g/mol. The Morgan fingerprint density at radius 1 is 1.00 bits per heavy atom. The molecule has 0 radical (unpaired) electrons. The predicted molar refractivity (Wildman–Crippen MR) is 101 cm³/mol. The van der Waals surface area contributed by atoms with Crippen molar-refractivity contribution >= 4 is 40.9 Å². The van der Waals surface area contributed by atoms with Crippen LogP contribution in [0.4, 0.5) is 11.4 Å². The van der Waals surface area contributed by atoms with E-state index in [1.807, 2.05) is 0 Å². The summed E-state index contributed by atoms with van der Waals surface area (Å²) in [6.45, 7) is 0. The van der Waals surface area contributed by atoms with Crippen LogP contribution in [0.15, 0.2) is 65.3 Å². The van der Waals surface area contributed by atoms with Crippen LogP contribution in [-0.4, -0.2) is 21.7 Å². The van der Waals surface area contributed by atoms with Crippen molar-refractivity contribution in [3.8, 4) is 0 Å². The molecule has 0 saturated heterocycles. The molecule has 0 aliphatic carbocycles. The van der Waals surface area contributed by atoms with E-state index in [4.69, 9.17) is 16.3 Å². The Balaban J connectivity index is 1.79. The Labute approximate surface area is 162 Å². The topological polar surface area (TPSA) is 125 Å². The number of esters is 1. The van der Waals surface area contributed by atoms with E-state index < -0.39 is 15.8 Å². The fourth-order valence-corrected chi connectivity index (χ4v) is 2.54. The number of nitrogens with zero attached hydrogens (tertiary/aromatic N) is 3. The lowest BCUT2D eigenvalue weighted by Crippen LogP contribution is -2.06. The van der Waals surface area contributed by atoms with Gasteiger partial charge in [0.2, 0.25) is 5.90 Å². The quantitative estimate of drug-likeness (QED) is 0.323. The predicted octanol–water partition coefficient (Wildman–Crippen LogP) is 4.06. The minimum Gasteiger partial charge on any atom is -0.402 e. The summed E-state index contributed by atoms with van der Waals surface area (Å²) in [5, 5.41) is 21.4. The van der Waals surface area contributed by atoms with E-state index in [0.29, 0.717) is 5.56 Å². The maximum Gasteiger partial charge on any atom is 0.363 e. The van der Waals surface area contributed by atoms with Gasteiger partial charge in [-0.05, 0) is 29.8 Å². The Hall–Kier alpha value is -3.85. The highest BCUT2D eigenvalue weighted by molar-refractivity contribution is 6.34. The lowest BCUT2D eigenvalue weighted by Gasteiger charge is -2.02. The van der Waals surface area contributed by atoms with Crippen LogP contribution in [0.25, 0.3) is 6.08 Å². The molecule has 0 N–H and O–H groups in total. The van der Waals surface area contributed by atoms with Gasteiger partial charge >= 0.3 is 5.97 Å². The number of nitro groups is 2. The molecule has 0 bridgehead atoms. The summed E-state index contributed by atoms with van der Waals surface area (Å²) in [5.41, 5.74) is 0.743. The molecular weight excluding hydrogens is 390 g/mol. The number of ether oxygens (including phenoxy) is 1. The third kappa shape index (κ3) is 4.10. The molecule has 0 amide bonds. The van der Waals surface area contributed by atoms with Gasteiger partial charge in [-0.2, -0.15) is 0 Å². The lowest BCUT2D eigenvalue weighted by molar-refractivity contribution is -0.385. The highest BCUT2D eigenvalue weighted by Gasteiger charge is 2.26. The molecule has 2 aromatic carbocycles. The van der Waals surface area contributed by atoms with Crippen molar-refractivity contribution in [2.75, 3.05) is 0 Å². The average Bonchev–Trinajstić information content (AvgIpc) is 3.02. The summed E-state index contributed by atoms with van der Waals surface area (Å²) in [7, 11) is 0. The van der Waals surface area contributed by atoms with Crippen LogP contribution in [0.5, 0.6) is 0 Å². The number of non-ortho nitro benzene ring substituents is 2. The number of carbonyl (C=O) groups is 1. The van der Waals surface area contributed by atoms with Crippen molar-refractivity contribution in [1.29, 1.82) is 0 Å². The van der Waals surface area contributed by atoms with Crippen LogP contribution in [-0.2, 0) is 9.53 Å². The number of carbonyl (C=O) groups excluding carboxylic acids is 1. The molecule has 140 valence electrons. The molecule has 0 atom stereocenters. The van der Waals surface area contributed by atoms with Gasteiger partial charge in [0.25, 0.3) is 11.4 Å². The van der Waals surface area contributed by atoms with Crippen molar-refractivity contribution in [2.24, 2.45) is 4.99 Å². The summed E-state index contributed by atoms with van der Waals surface area (Å²) < 4.78 is 5.07. The number of aliphatic imine (C=N–C) groups is 1. The molecule has 3 rings (SSSR count). The standard InChI is InChI=1S/C18H10ClN3O6/c19-15-10-13(22(26)27)8-9-14(15)17-20-16(18(23)28-17)3-1-2-11-4-6-12(7-5-11)21(24)25/h1-10H/b2-1+,16-3-. The number of hydrogen-bond acceptors (Lipinski definition) is 7. The zero-order chi connectivity index (χ0) is 20.3. The Kier molecular flexibility index (Phi) is 5.28. The van der Waals surface area contributed by atoms with Gasteiger partial charge in [-0.1, -0.05) is 23.8 Å². The molecule has 1 aliphatic rings. The highest BCUT2D eigenvalue weighted by atomic mass is 35.5. The zero-order valence-electron chi connectivity index (χ0n) is 13.9. The molecule has 1 heterocycles. The maximum atomic E-state index is 11.9. The van der Waals surface area contributed by atoms with E-state index in [2.05, 4.69) is 4.99 Å².